The van der Waals surface area contributed by atoms with Gasteiger partial charge in [0.25, 0.3) is 0 Å². The van der Waals surface area contributed by atoms with Gasteiger partial charge in [-0.3, -0.25) is 0 Å². The van der Waals surface area contributed by atoms with Crippen LogP contribution in [0.5, 0.6) is 0 Å². The molecule has 0 aromatic rings. The van der Waals surface area contributed by atoms with Gasteiger partial charge in [-0.25, -0.2) is 0 Å². The van der Waals surface area contributed by atoms with Crippen molar-refractivity contribution in [3.63, 3.8) is 0 Å². The molecule has 0 aromatic heterocycles. The molecule has 8 unspecified atom stereocenters. The number of ether oxygens (including phenoxy) is 1. The Labute approximate surface area is 192 Å². The zero-order valence-corrected chi connectivity index (χ0v) is 21.2. The maximum Gasteiger partial charge on any atom is 0.0701 e. The van der Waals surface area contributed by atoms with E-state index in [1.54, 1.807) is 5.57 Å². The second-order valence-electron chi connectivity index (χ2n) is 12.8. The van der Waals surface area contributed by atoms with E-state index in [9.17, 15) is 5.11 Å². The van der Waals surface area contributed by atoms with E-state index in [1.807, 2.05) is 0 Å². The lowest BCUT2D eigenvalue weighted by Gasteiger charge is -2.61. The third kappa shape index (κ3) is 4.42. The Morgan fingerprint density at radius 3 is 2.65 bits per heavy atom. The molecular weight excluding hydrogens is 380 g/mol. The van der Waals surface area contributed by atoms with Gasteiger partial charge in [0.15, 0.2) is 0 Å². The van der Waals surface area contributed by atoms with Crippen LogP contribution in [0.4, 0.5) is 0 Å². The topological polar surface area (TPSA) is 29.5 Å². The fraction of sp³-hybridized carbons (Fsp3) is 0.931. The van der Waals surface area contributed by atoms with Gasteiger partial charge in [0.1, 0.15) is 0 Å². The van der Waals surface area contributed by atoms with Gasteiger partial charge >= 0.3 is 0 Å². The van der Waals surface area contributed by atoms with Gasteiger partial charge in [-0.15, -0.1) is 0 Å². The van der Waals surface area contributed by atoms with Crippen LogP contribution < -0.4 is 0 Å². The highest BCUT2D eigenvalue weighted by Crippen LogP contribution is 2.67. The predicted octanol–water partition coefficient (Wildman–Crippen LogP) is 7.41. The van der Waals surface area contributed by atoms with E-state index < -0.39 is 0 Å². The van der Waals surface area contributed by atoms with E-state index >= 15 is 0 Å². The highest BCUT2D eigenvalue weighted by molar-refractivity contribution is 5.27. The predicted molar refractivity (Wildman–Crippen MR) is 130 cm³/mol. The van der Waals surface area contributed by atoms with Crippen molar-refractivity contribution in [3.05, 3.63) is 11.6 Å². The molecule has 4 aliphatic carbocycles. The van der Waals surface area contributed by atoms with E-state index in [0.29, 0.717) is 23.5 Å². The Balaban J connectivity index is 1.60. The van der Waals surface area contributed by atoms with Gasteiger partial charge in [0.2, 0.25) is 0 Å². The number of fused-ring (bicyclic) bond motifs is 5. The molecule has 0 heterocycles. The van der Waals surface area contributed by atoms with Gasteiger partial charge in [-0.1, -0.05) is 72.0 Å². The molecule has 3 fully saturated rings. The molecule has 0 aromatic carbocycles. The van der Waals surface area contributed by atoms with E-state index in [1.165, 1.54) is 64.2 Å². The molecule has 3 saturated carbocycles. The molecular formula is C29H50O2. The molecule has 4 aliphatic rings. The second kappa shape index (κ2) is 9.49. The molecule has 8 atom stereocenters. The molecule has 4 rings (SSSR count). The van der Waals surface area contributed by atoms with Crippen molar-refractivity contribution in [1.82, 2.24) is 0 Å². The minimum absolute atomic E-state index is 0.145. The first-order chi connectivity index (χ1) is 14.8. The largest absolute Gasteiger partial charge is 0.394 e. The first-order valence-corrected chi connectivity index (χ1v) is 13.7. The van der Waals surface area contributed by atoms with Crippen LogP contribution in [0.2, 0.25) is 0 Å². The van der Waals surface area contributed by atoms with Crippen molar-refractivity contribution >= 4 is 0 Å². The van der Waals surface area contributed by atoms with Crippen LogP contribution in [0.1, 0.15) is 105 Å². The number of rotatable bonds is 8. The third-order valence-corrected chi connectivity index (χ3v) is 10.6. The summed E-state index contributed by atoms with van der Waals surface area (Å²) in [6.07, 6.45) is 18.0. The van der Waals surface area contributed by atoms with Gasteiger partial charge in [0.05, 0.1) is 19.3 Å². The lowest BCUT2D eigenvalue weighted by molar-refractivity contribution is -0.0921. The highest BCUT2D eigenvalue weighted by Gasteiger charge is 2.59. The maximum atomic E-state index is 9.35. The summed E-state index contributed by atoms with van der Waals surface area (Å²) in [7, 11) is 0. The lowest BCUT2D eigenvalue weighted by Crippen LogP contribution is -2.54. The van der Waals surface area contributed by atoms with Crippen LogP contribution in [0.25, 0.3) is 0 Å². The molecule has 0 aliphatic heterocycles. The van der Waals surface area contributed by atoms with Gasteiger partial charge in [-0.05, 0) is 91.3 Å². The summed E-state index contributed by atoms with van der Waals surface area (Å²) in [6.45, 7) is 13.2. The average molecular weight is 431 g/mol. The standard InChI is InChI=1S/C29H50O2/c1-20(2)8-6-9-21(3)27-19-23(31-17-16-30)18-22-11-12-24-25-10-7-14-28(25,4)15-13-26(24)29(22,27)5/h11,20-21,23-27,30H,6-10,12-19H2,1-5H3. The van der Waals surface area contributed by atoms with Crippen molar-refractivity contribution < 1.29 is 9.84 Å². The summed E-state index contributed by atoms with van der Waals surface area (Å²) in [5.74, 6) is 5.03. The molecule has 0 amide bonds. The summed E-state index contributed by atoms with van der Waals surface area (Å²) in [5.41, 5.74) is 2.72. The van der Waals surface area contributed by atoms with E-state index in [4.69, 9.17) is 4.74 Å². The van der Waals surface area contributed by atoms with E-state index in [2.05, 4.69) is 40.7 Å². The number of hydrogen-bond acceptors (Lipinski definition) is 2. The summed E-state index contributed by atoms with van der Waals surface area (Å²) >= 11 is 0. The fourth-order valence-corrected chi connectivity index (χ4v) is 8.98. The third-order valence-electron chi connectivity index (χ3n) is 10.6. The normalized spacial score (nSPS) is 43.2. The number of aliphatic hydroxyl groups is 1. The second-order valence-corrected chi connectivity index (χ2v) is 12.8. The molecule has 1 N–H and O–H groups in total. The molecule has 178 valence electrons. The molecule has 0 spiro atoms. The van der Waals surface area contributed by atoms with Crippen molar-refractivity contribution in [2.75, 3.05) is 13.2 Å². The number of aliphatic hydroxyl groups excluding tert-OH is 1. The van der Waals surface area contributed by atoms with Crippen LogP contribution in [0.3, 0.4) is 0 Å². The average Bonchev–Trinajstić information content (AvgIpc) is 3.13. The molecule has 0 bridgehead atoms. The zero-order chi connectivity index (χ0) is 22.2. The molecule has 0 saturated heterocycles. The SMILES string of the molecule is CC(C)CCCC(C)C1CC(OCCO)CC2=CCC3C4CCCC4(C)CCC3C21C. The minimum atomic E-state index is 0.145. The summed E-state index contributed by atoms with van der Waals surface area (Å²) in [4.78, 5) is 0. The Morgan fingerprint density at radius 1 is 1.10 bits per heavy atom. The van der Waals surface area contributed by atoms with E-state index in [0.717, 1.165) is 41.9 Å². The lowest BCUT2D eigenvalue weighted by atomic mass is 9.44. The van der Waals surface area contributed by atoms with Crippen LogP contribution in [-0.4, -0.2) is 24.4 Å². The molecule has 31 heavy (non-hydrogen) atoms. The highest BCUT2D eigenvalue weighted by atomic mass is 16.5. The summed E-state index contributed by atoms with van der Waals surface area (Å²) in [6, 6.07) is 0. The van der Waals surface area contributed by atoms with Crippen molar-refractivity contribution in [2.24, 2.45) is 46.3 Å². The van der Waals surface area contributed by atoms with Gasteiger partial charge in [0, 0.05) is 0 Å². The quantitative estimate of drug-likeness (QED) is 0.406. The van der Waals surface area contributed by atoms with Crippen molar-refractivity contribution in [2.45, 2.75) is 111 Å². The smallest absolute Gasteiger partial charge is 0.0701 e. The van der Waals surface area contributed by atoms with Crippen LogP contribution in [0.15, 0.2) is 11.6 Å². The first kappa shape index (κ1) is 23.8. The zero-order valence-electron chi connectivity index (χ0n) is 21.2. The Morgan fingerprint density at radius 2 is 1.90 bits per heavy atom. The maximum absolute atomic E-state index is 9.35. The van der Waals surface area contributed by atoms with E-state index in [-0.39, 0.29) is 6.61 Å². The Bertz CT molecular complexity index is 639. The molecule has 2 heteroatoms. The Kier molecular flexibility index (Phi) is 7.29. The molecule has 0 radical (unpaired) electrons. The first-order valence-electron chi connectivity index (χ1n) is 13.7. The van der Waals surface area contributed by atoms with Crippen LogP contribution in [-0.2, 0) is 4.74 Å². The van der Waals surface area contributed by atoms with Crippen LogP contribution >= 0.6 is 0 Å². The van der Waals surface area contributed by atoms with Crippen molar-refractivity contribution in [3.8, 4) is 0 Å². The summed E-state index contributed by atoms with van der Waals surface area (Å²) < 4.78 is 6.18. The molecule has 2 nitrogen and oxygen atoms in total. The minimum Gasteiger partial charge on any atom is -0.394 e. The van der Waals surface area contributed by atoms with Gasteiger partial charge < -0.3 is 9.84 Å². The van der Waals surface area contributed by atoms with Crippen LogP contribution in [0, 0.1) is 46.3 Å². The summed E-state index contributed by atoms with van der Waals surface area (Å²) in [5, 5.41) is 9.35. The number of hydrogen-bond donors (Lipinski definition) is 1. The Hall–Kier alpha value is -0.340. The van der Waals surface area contributed by atoms with Gasteiger partial charge in [-0.2, -0.15) is 0 Å². The monoisotopic (exact) mass is 430 g/mol. The number of allylic oxidation sites excluding steroid dienone is 1. The van der Waals surface area contributed by atoms with Crippen molar-refractivity contribution in [1.29, 1.82) is 0 Å². The fourth-order valence-electron chi connectivity index (χ4n) is 8.98.